The van der Waals surface area contributed by atoms with E-state index in [-0.39, 0.29) is 22.6 Å². The van der Waals surface area contributed by atoms with Gasteiger partial charge in [-0.25, -0.2) is 9.86 Å². The maximum absolute atomic E-state index is 14.0. The molecule has 1 unspecified atom stereocenters. The van der Waals surface area contributed by atoms with Gasteiger partial charge in [0.2, 0.25) is 5.60 Å². The minimum absolute atomic E-state index is 0.00925. The van der Waals surface area contributed by atoms with Crippen LogP contribution >= 0.6 is 0 Å². The molecule has 3 rings (SSSR count). The molecule has 5 nitrogen and oxygen atoms in total. The van der Waals surface area contributed by atoms with Crippen LogP contribution in [0.25, 0.3) is 0 Å². The number of hydroxylamine groups is 2. The average molecular weight is 366 g/mol. The first-order valence-corrected chi connectivity index (χ1v) is 7.80. The first-order valence-electron chi connectivity index (χ1n) is 7.80. The van der Waals surface area contributed by atoms with Crippen molar-refractivity contribution in [2.75, 3.05) is 19.5 Å². The quantitative estimate of drug-likeness (QED) is 0.832. The molecule has 8 heteroatoms. The van der Waals surface area contributed by atoms with E-state index in [4.69, 9.17) is 9.57 Å². The zero-order valence-electron chi connectivity index (χ0n) is 14.1. The minimum Gasteiger partial charge on any atom is -0.472 e. The van der Waals surface area contributed by atoms with Gasteiger partial charge in [-0.3, -0.25) is 4.84 Å². The van der Waals surface area contributed by atoms with Crippen LogP contribution in [0.1, 0.15) is 11.1 Å². The topological polar surface area (TPSA) is 50.8 Å². The van der Waals surface area contributed by atoms with E-state index in [2.05, 4.69) is 5.32 Å². The SMILES string of the molecule is CON(C)C(=O)Nc1cccc2c1CC(c1ccccc1)(C(F)(F)F)O2. The lowest BCUT2D eigenvalue weighted by atomic mass is 9.88. The summed E-state index contributed by atoms with van der Waals surface area (Å²) in [5.41, 5.74) is -1.95. The summed E-state index contributed by atoms with van der Waals surface area (Å²) in [4.78, 5) is 16.8. The predicted molar refractivity (Wildman–Crippen MR) is 88.7 cm³/mol. The maximum Gasteiger partial charge on any atom is 0.432 e. The van der Waals surface area contributed by atoms with Gasteiger partial charge in [-0.1, -0.05) is 36.4 Å². The Morgan fingerprint density at radius 3 is 2.50 bits per heavy atom. The lowest BCUT2D eigenvalue weighted by Gasteiger charge is -2.31. The number of halogens is 3. The van der Waals surface area contributed by atoms with Crippen LogP contribution in [0.3, 0.4) is 0 Å². The van der Waals surface area contributed by atoms with Crippen molar-refractivity contribution in [2.45, 2.75) is 18.2 Å². The molecular weight excluding hydrogens is 349 g/mol. The van der Waals surface area contributed by atoms with Crippen LogP contribution < -0.4 is 10.1 Å². The Morgan fingerprint density at radius 1 is 1.19 bits per heavy atom. The van der Waals surface area contributed by atoms with Crippen molar-refractivity contribution in [3.8, 4) is 5.75 Å². The van der Waals surface area contributed by atoms with Crippen LogP contribution in [0.5, 0.6) is 5.75 Å². The fourth-order valence-electron chi connectivity index (χ4n) is 2.90. The molecule has 2 aromatic carbocycles. The van der Waals surface area contributed by atoms with Gasteiger partial charge in [-0.15, -0.1) is 0 Å². The van der Waals surface area contributed by atoms with Crippen LogP contribution in [0.4, 0.5) is 23.7 Å². The predicted octanol–water partition coefficient (Wildman–Crippen LogP) is 4.10. The van der Waals surface area contributed by atoms with Gasteiger partial charge in [-0.05, 0) is 12.1 Å². The summed E-state index contributed by atoms with van der Waals surface area (Å²) in [5.74, 6) is 0.0871. The molecule has 1 N–H and O–H groups in total. The molecule has 1 aliphatic heterocycles. The van der Waals surface area contributed by atoms with Crippen molar-refractivity contribution < 1.29 is 27.5 Å². The van der Waals surface area contributed by atoms with Crippen molar-refractivity contribution in [1.29, 1.82) is 0 Å². The smallest absolute Gasteiger partial charge is 0.432 e. The van der Waals surface area contributed by atoms with E-state index >= 15 is 0 Å². The number of nitrogens with zero attached hydrogens (tertiary/aromatic N) is 1. The molecule has 0 bridgehead atoms. The molecule has 2 aromatic rings. The molecule has 0 fully saturated rings. The molecule has 138 valence electrons. The third-order valence-corrected chi connectivity index (χ3v) is 4.34. The van der Waals surface area contributed by atoms with Gasteiger partial charge >= 0.3 is 12.2 Å². The van der Waals surface area contributed by atoms with Gasteiger partial charge in [0.25, 0.3) is 0 Å². The van der Waals surface area contributed by atoms with E-state index in [1.807, 2.05) is 0 Å². The van der Waals surface area contributed by atoms with E-state index in [1.165, 1.54) is 56.6 Å². The summed E-state index contributed by atoms with van der Waals surface area (Å²) >= 11 is 0. The Labute approximate surface area is 148 Å². The molecule has 1 aliphatic rings. The van der Waals surface area contributed by atoms with E-state index in [1.54, 1.807) is 6.07 Å². The third kappa shape index (κ3) is 2.96. The monoisotopic (exact) mass is 366 g/mol. The Hall–Kier alpha value is -2.74. The standard InChI is InChI=1S/C18H17F3N2O3/c1-23(25-2)16(24)22-14-9-6-10-15-13(14)11-17(26-15,18(19,20)21)12-7-4-3-5-8-12/h3-10H,11H2,1-2H3,(H,22,24). The molecule has 0 aromatic heterocycles. The number of carbonyl (C=O) groups excluding carboxylic acids is 1. The summed E-state index contributed by atoms with van der Waals surface area (Å²) in [6.45, 7) is 0. The number of carbonyl (C=O) groups is 1. The van der Waals surface area contributed by atoms with E-state index < -0.39 is 24.2 Å². The zero-order chi connectivity index (χ0) is 18.9. The molecule has 2 amide bonds. The second-order valence-corrected chi connectivity index (χ2v) is 5.86. The van der Waals surface area contributed by atoms with Gasteiger partial charge in [-0.2, -0.15) is 13.2 Å². The molecule has 26 heavy (non-hydrogen) atoms. The normalized spacial score (nSPS) is 18.8. The number of hydrogen-bond acceptors (Lipinski definition) is 3. The zero-order valence-corrected chi connectivity index (χ0v) is 14.1. The molecule has 1 heterocycles. The van der Waals surface area contributed by atoms with Gasteiger partial charge < -0.3 is 10.1 Å². The van der Waals surface area contributed by atoms with E-state index in [9.17, 15) is 18.0 Å². The molecular formula is C18H17F3N2O3. The highest BCUT2D eigenvalue weighted by Gasteiger charge is 2.61. The van der Waals surface area contributed by atoms with Gasteiger partial charge in [0, 0.05) is 30.3 Å². The van der Waals surface area contributed by atoms with Crippen LogP contribution in [0.2, 0.25) is 0 Å². The molecule has 0 aliphatic carbocycles. The minimum atomic E-state index is -4.64. The fourth-order valence-corrected chi connectivity index (χ4v) is 2.90. The molecule has 0 radical (unpaired) electrons. The largest absolute Gasteiger partial charge is 0.472 e. The van der Waals surface area contributed by atoms with Gasteiger partial charge in [0.05, 0.1) is 7.11 Å². The Morgan fingerprint density at radius 2 is 1.88 bits per heavy atom. The highest BCUT2D eigenvalue weighted by Crippen LogP contribution is 2.52. The number of amides is 2. The number of urea groups is 1. The second kappa shape index (κ2) is 6.53. The van der Waals surface area contributed by atoms with E-state index in [0.717, 1.165) is 5.06 Å². The average Bonchev–Trinajstić information content (AvgIpc) is 3.04. The summed E-state index contributed by atoms with van der Waals surface area (Å²) in [6, 6.07) is 11.4. The van der Waals surface area contributed by atoms with Crippen molar-refractivity contribution in [3.63, 3.8) is 0 Å². The lowest BCUT2D eigenvalue weighted by molar-refractivity contribution is -0.248. The maximum atomic E-state index is 14.0. The summed E-state index contributed by atoms with van der Waals surface area (Å²) in [5, 5.41) is 3.48. The van der Waals surface area contributed by atoms with Crippen LogP contribution in [0.15, 0.2) is 48.5 Å². The summed E-state index contributed by atoms with van der Waals surface area (Å²) in [6.07, 6.45) is -5.08. The number of ether oxygens (including phenoxy) is 1. The van der Waals surface area contributed by atoms with Crippen LogP contribution in [0, 0.1) is 0 Å². The molecule has 1 atom stereocenters. The number of alkyl halides is 3. The Balaban J connectivity index is 2.01. The van der Waals surface area contributed by atoms with Crippen LogP contribution in [-0.4, -0.2) is 31.4 Å². The number of fused-ring (bicyclic) bond motifs is 1. The number of nitrogens with one attached hydrogen (secondary N) is 1. The molecule has 0 saturated heterocycles. The number of hydrogen-bond donors (Lipinski definition) is 1. The van der Waals surface area contributed by atoms with Crippen LogP contribution in [-0.2, 0) is 16.9 Å². The molecule has 0 saturated carbocycles. The van der Waals surface area contributed by atoms with Crippen molar-refractivity contribution in [3.05, 3.63) is 59.7 Å². The lowest BCUT2D eigenvalue weighted by Crippen LogP contribution is -2.46. The second-order valence-electron chi connectivity index (χ2n) is 5.86. The van der Waals surface area contributed by atoms with Gasteiger partial charge in [0.1, 0.15) is 5.75 Å². The van der Waals surface area contributed by atoms with Crippen molar-refractivity contribution >= 4 is 11.7 Å². The first kappa shape index (κ1) is 18.1. The van der Waals surface area contributed by atoms with Crippen molar-refractivity contribution in [1.82, 2.24) is 5.06 Å². The summed E-state index contributed by atoms with van der Waals surface area (Å²) < 4.78 is 47.4. The van der Waals surface area contributed by atoms with E-state index in [0.29, 0.717) is 0 Å². The fraction of sp³-hybridized carbons (Fsp3) is 0.278. The number of anilines is 1. The number of benzene rings is 2. The van der Waals surface area contributed by atoms with Crippen molar-refractivity contribution in [2.24, 2.45) is 0 Å². The highest BCUT2D eigenvalue weighted by molar-refractivity contribution is 5.90. The number of rotatable bonds is 3. The Kier molecular flexibility index (Phi) is 4.53. The van der Waals surface area contributed by atoms with Gasteiger partial charge in [0.15, 0.2) is 0 Å². The highest BCUT2D eigenvalue weighted by atomic mass is 19.4. The summed E-state index contributed by atoms with van der Waals surface area (Å²) in [7, 11) is 2.70. The Bertz CT molecular complexity index is 811. The third-order valence-electron chi connectivity index (χ3n) is 4.34. The first-order chi connectivity index (χ1) is 12.3. The molecule has 0 spiro atoms.